The summed E-state index contributed by atoms with van der Waals surface area (Å²) in [5.74, 6) is 1.75. The Morgan fingerprint density at radius 2 is 1.69 bits per heavy atom. The highest BCUT2D eigenvalue weighted by Crippen LogP contribution is 2.37. The summed E-state index contributed by atoms with van der Waals surface area (Å²) in [6.07, 6.45) is 9.54. The van der Waals surface area contributed by atoms with Gasteiger partial charge in [0.15, 0.2) is 0 Å². The van der Waals surface area contributed by atoms with Crippen LogP contribution in [-0.4, -0.2) is 5.38 Å². The molecule has 78 valence electrons. The maximum atomic E-state index is 6.22. The van der Waals surface area contributed by atoms with Crippen molar-refractivity contribution in [2.75, 3.05) is 0 Å². The lowest BCUT2D eigenvalue weighted by molar-refractivity contribution is 0.511. The molecule has 1 aliphatic rings. The van der Waals surface area contributed by atoms with Crippen molar-refractivity contribution < 1.29 is 0 Å². The molecule has 1 atom stereocenters. The minimum absolute atomic E-state index is 0.499. The summed E-state index contributed by atoms with van der Waals surface area (Å²) < 4.78 is 0. The van der Waals surface area contributed by atoms with Crippen LogP contribution >= 0.6 is 11.6 Å². The molecular weight excluding hydrogens is 180 g/mol. The van der Waals surface area contributed by atoms with Crippen LogP contribution in [0.15, 0.2) is 0 Å². The molecule has 1 fully saturated rings. The van der Waals surface area contributed by atoms with E-state index in [9.17, 15) is 0 Å². The van der Waals surface area contributed by atoms with Gasteiger partial charge >= 0.3 is 0 Å². The van der Waals surface area contributed by atoms with Gasteiger partial charge in [-0.2, -0.15) is 0 Å². The van der Waals surface area contributed by atoms with Crippen LogP contribution in [0.2, 0.25) is 0 Å². The molecule has 13 heavy (non-hydrogen) atoms. The number of halogens is 1. The van der Waals surface area contributed by atoms with Gasteiger partial charge in [-0.3, -0.25) is 0 Å². The zero-order chi connectivity index (χ0) is 9.68. The van der Waals surface area contributed by atoms with Crippen molar-refractivity contribution in [2.24, 2.45) is 11.8 Å². The molecule has 0 nitrogen and oxygen atoms in total. The van der Waals surface area contributed by atoms with Crippen molar-refractivity contribution in [3.63, 3.8) is 0 Å². The van der Waals surface area contributed by atoms with Crippen LogP contribution in [0.3, 0.4) is 0 Å². The van der Waals surface area contributed by atoms with Crippen LogP contribution in [0.5, 0.6) is 0 Å². The van der Waals surface area contributed by atoms with E-state index in [1.54, 1.807) is 0 Å². The molecule has 0 amide bonds. The summed E-state index contributed by atoms with van der Waals surface area (Å²) in [7, 11) is 0. The van der Waals surface area contributed by atoms with Crippen LogP contribution in [0.25, 0.3) is 0 Å². The lowest BCUT2D eigenvalue weighted by Crippen LogP contribution is -2.00. The predicted molar refractivity (Wildman–Crippen MR) is 60.3 cm³/mol. The molecule has 0 spiro atoms. The molecule has 0 aliphatic heterocycles. The van der Waals surface area contributed by atoms with E-state index in [0.29, 0.717) is 5.38 Å². The first kappa shape index (κ1) is 11.4. The minimum Gasteiger partial charge on any atom is -0.123 e. The quantitative estimate of drug-likeness (QED) is 0.418. The van der Waals surface area contributed by atoms with Crippen molar-refractivity contribution >= 4 is 11.6 Å². The first-order chi connectivity index (χ1) is 6.20. The highest BCUT2D eigenvalue weighted by molar-refractivity contribution is 6.20. The van der Waals surface area contributed by atoms with E-state index in [2.05, 4.69) is 13.8 Å². The second-order valence-corrected chi connectivity index (χ2v) is 5.45. The van der Waals surface area contributed by atoms with Crippen LogP contribution in [0, 0.1) is 11.8 Å². The third kappa shape index (κ3) is 5.57. The Kier molecular flexibility index (Phi) is 5.16. The van der Waals surface area contributed by atoms with Gasteiger partial charge in [0, 0.05) is 5.38 Å². The van der Waals surface area contributed by atoms with Gasteiger partial charge in [0.05, 0.1) is 0 Å². The zero-order valence-corrected chi connectivity index (χ0v) is 9.82. The Labute approximate surface area is 88.1 Å². The normalized spacial score (nSPS) is 19.4. The molecule has 1 unspecified atom stereocenters. The number of hydrogen-bond donors (Lipinski definition) is 0. The van der Waals surface area contributed by atoms with Gasteiger partial charge in [0.25, 0.3) is 0 Å². The summed E-state index contributed by atoms with van der Waals surface area (Å²) in [4.78, 5) is 0. The second-order valence-electron chi connectivity index (χ2n) is 4.89. The van der Waals surface area contributed by atoms with Crippen molar-refractivity contribution in [2.45, 2.75) is 64.2 Å². The molecule has 1 aliphatic carbocycles. The maximum absolute atomic E-state index is 6.22. The Bertz CT molecular complexity index is 127. The summed E-state index contributed by atoms with van der Waals surface area (Å²) in [5, 5.41) is 0.499. The molecule has 0 heterocycles. The summed E-state index contributed by atoms with van der Waals surface area (Å²) in [5.41, 5.74) is 0. The largest absolute Gasteiger partial charge is 0.123 e. The third-order valence-corrected chi connectivity index (χ3v) is 3.47. The summed E-state index contributed by atoms with van der Waals surface area (Å²) >= 11 is 6.22. The van der Waals surface area contributed by atoms with E-state index in [1.807, 2.05) is 0 Å². The molecule has 1 saturated carbocycles. The average molecular weight is 203 g/mol. The van der Waals surface area contributed by atoms with E-state index < -0.39 is 0 Å². The van der Waals surface area contributed by atoms with Gasteiger partial charge in [-0.1, -0.05) is 39.5 Å². The molecule has 0 radical (unpaired) electrons. The van der Waals surface area contributed by atoms with E-state index >= 15 is 0 Å². The van der Waals surface area contributed by atoms with Crippen molar-refractivity contribution in [1.29, 1.82) is 0 Å². The fourth-order valence-corrected chi connectivity index (χ4v) is 2.17. The van der Waals surface area contributed by atoms with Crippen LogP contribution in [0.1, 0.15) is 58.8 Å². The Hall–Kier alpha value is 0.290. The highest BCUT2D eigenvalue weighted by atomic mass is 35.5. The Morgan fingerprint density at radius 1 is 1.08 bits per heavy atom. The van der Waals surface area contributed by atoms with Gasteiger partial charge in [-0.05, 0) is 31.1 Å². The van der Waals surface area contributed by atoms with Gasteiger partial charge in [-0.25, -0.2) is 0 Å². The van der Waals surface area contributed by atoms with Crippen LogP contribution < -0.4 is 0 Å². The first-order valence-corrected chi connectivity index (χ1v) is 6.28. The fourth-order valence-electron chi connectivity index (χ4n) is 1.76. The fraction of sp³-hybridized carbons (Fsp3) is 1.00. The lowest BCUT2D eigenvalue weighted by Gasteiger charge is -2.07. The third-order valence-electron chi connectivity index (χ3n) is 2.89. The number of hydrogen-bond acceptors (Lipinski definition) is 0. The van der Waals surface area contributed by atoms with E-state index in [1.165, 1.54) is 44.9 Å². The first-order valence-electron chi connectivity index (χ1n) is 5.84. The Balaban J connectivity index is 1.83. The lowest BCUT2D eigenvalue weighted by atomic mass is 10.0. The van der Waals surface area contributed by atoms with Crippen LogP contribution in [-0.2, 0) is 0 Å². The number of alkyl halides is 1. The molecule has 0 saturated heterocycles. The molecule has 0 bridgehead atoms. The topological polar surface area (TPSA) is 0 Å². The van der Waals surface area contributed by atoms with Gasteiger partial charge < -0.3 is 0 Å². The molecule has 0 N–H and O–H groups in total. The van der Waals surface area contributed by atoms with Crippen molar-refractivity contribution in [1.82, 2.24) is 0 Å². The molecule has 0 aromatic heterocycles. The summed E-state index contributed by atoms with van der Waals surface area (Å²) in [6, 6.07) is 0. The Morgan fingerprint density at radius 3 is 2.23 bits per heavy atom. The van der Waals surface area contributed by atoms with Crippen LogP contribution in [0.4, 0.5) is 0 Å². The van der Waals surface area contributed by atoms with Gasteiger partial charge in [0.2, 0.25) is 0 Å². The SMILES string of the molecule is CC(C)CCCCCC(Cl)C1CC1. The molecule has 1 rings (SSSR count). The van der Waals surface area contributed by atoms with Crippen molar-refractivity contribution in [3.8, 4) is 0 Å². The second kappa shape index (κ2) is 5.90. The predicted octanol–water partition coefficient (Wildman–Crippen LogP) is 4.61. The minimum atomic E-state index is 0.499. The number of rotatable bonds is 7. The zero-order valence-electron chi connectivity index (χ0n) is 9.06. The average Bonchev–Trinajstić information content (AvgIpc) is 2.85. The summed E-state index contributed by atoms with van der Waals surface area (Å²) in [6.45, 7) is 4.60. The smallest absolute Gasteiger partial charge is 0.0364 e. The van der Waals surface area contributed by atoms with E-state index in [-0.39, 0.29) is 0 Å². The van der Waals surface area contributed by atoms with Crippen molar-refractivity contribution in [3.05, 3.63) is 0 Å². The molecule has 0 aromatic carbocycles. The van der Waals surface area contributed by atoms with Gasteiger partial charge in [-0.15, -0.1) is 11.6 Å². The van der Waals surface area contributed by atoms with Gasteiger partial charge in [0.1, 0.15) is 0 Å². The molecule has 0 aromatic rings. The number of unbranched alkanes of at least 4 members (excludes halogenated alkanes) is 2. The standard InChI is InChI=1S/C12H23Cl/c1-10(2)6-4-3-5-7-12(13)11-8-9-11/h10-12H,3-9H2,1-2H3. The maximum Gasteiger partial charge on any atom is 0.0364 e. The monoisotopic (exact) mass is 202 g/mol. The molecule has 1 heteroatoms. The highest BCUT2D eigenvalue weighted by Gasteiger charge is 2.28. The van der Waals surface area contributed by atoms with E-state index in [4.69, 9.17) is 11.6 Å². The van der Waals surface area contributed by atoms with E-state index in [0.717, 1.165) is 11.8 Å². The molecular formula is C12H23Cl.